The van der Waals surface area contributed by atoms with E-state index in [-0.39, 0.29) is 5.82 Å². The van der Waals surface area contributed by atoms with Crippen LogP contribution in [0.3, 0.4) is 0 Å². The number of para-hydroxylation sites is 1. The van der Waals surface area contributed by atoms with Gasteiger partial charge in [-0.05, 0) is 37.9 Å². The number of benzene rings is 1. The van der Waals surface area contributed by atoms with Crippen molar-refractivity contribution in [1.82, 2.24) is 4.90 Å². The molecule has 2 rings (SSSR count). The normalized spacial score (nSPS) is 15.2. The number of anilines is 1. The van der Waals surface area contributed by atoms with Crippen LogP contribution in [0.4, 0.5) is 10.1 Å². The molecule has 3 heteroatoms. The molecule has 0 unspecified atom stereocenters. The number of rotatable bonds is 7. The van der Waals surface area contributed by atoms with E-state index in [1.54, 1.807) is 12.1 Å². The van der Waals surface area contributed by atoms with Crippen LogP contribution in [0.1, 0.15) is 26.2 Å². The predicted molar refractivity (Wildman–Crippen MR) is 69.8 cm³/mol. The van der Waals surface area contributed by atoms with Crippen molar-refractivity contribution in [3.63, 3.8) is 0 Å². The van der Waals surface area contributed by atoms with Gasteiger partial charge in [0.2, 0.25) is 0 Å². The van der Waals surface area contributed by atoms with E-state index in [1.165, 1.54) is 25.3 Å². The number of hydrogen-bond acceptors (Lipinski definition) is 2. The van der Waals surface area contributed by atoms with Gasteiger partial charge in [-0.1, -0.05) is 19.1 Å². The SMILES string of the molecule is CCCN(CCNc1ccccc1F)C1CC1. The summed E-state index contributed by atoms with van der Waals surface area (Å²) in [4.78, 5) is 2.51. The van der Waals surface area contributed by atoms with Crippen molar-refractivity contribution < 1.29 is 4.39 Å². The molecule has 0 radical (unpaired) electrons. The zero-order valence-corrected chi connectivity index (χ0v) is 10.5. The summed E-state index contributed by atoms with van der Waals surface area (Å²) >= 11 is 0. The van der Waals surface area contributed by atoms with Gasteiger partial charge in [0.15, 0.2) is 0 Å². The summed E-state index contributed by atoms with van der Waals surface area (Å²) in [5.74, 6) is -0.166. The number of halogens is 1. The van der Waals surface area contributed by atoms with E-state index in [9.17, 15) is 4.39 Å². The minimum atomic E-state index is -0.166. The van der Waals surface area contributed by atoms with Gasteiger partial charge < -0.3 is 5.32 Å². The smallest absolute Gasteiger partial charge is 0.146 e. The summed E-state index contributed by atoms with van der Waals surface area (Å²) in [5.41, 5.74) is 0.611. The van der Waals surface area contributed by atoms with E-state index in [2.05, 4.69) is 17.1 Å². The molecule has 0 heterocycles. The molecule has 1 N–H and O–H groups in total. The van der Waals surface area contributed by atoms with Crippen LogP contribution in [0, 0.1) is 5.82 Å². The highest BCUT2D eigenvalue weighted by molar-refractivity contribution is 5.44. The van der Waals surface area contributed by atoms with E-state index < -0.39 is 0 Å². The molecule has 1 aliphatic rings. The van der Waals surface area contributed by atoms with Gasteiger partial charge in [-0.3, -0.25) is 4.90 Å². The van der Waals surface area contributed by atoms with Crippen molar-refractivity contribution in [2.24, 2.45) is 0 Å². The van der Waals surface area contributed by atoms with Crippen molar-refractivity contribution in [3.05, 3.63) is 30.1 Å². The van der Waals surface area contributed by atoms with Crippen LogP contribution < -0.4 is 5.32 Å². The van der Waals surface area contributed by atoms with Crippen LogP contribution in [0.25, 0.3) is 0 Å². The van der Waals surface area contributed by atoms with Crippen LogP contribution in [0.2, 0.25) is 0 Å². The Balaban J connectivity index is 1.76. The van der Waals surface area contributed by atoms with Gasteiger partial charge in [0, 0.05) is 19.1 Å². The highest BCUT2D eigenvalue weighted by Gasteiger charge is 2.27. The Kier molecular flexibility index (Phi) is 4.37. The van der Waals surface area contributed by atoms with Gasteiger partial charge in [-0.15, -0.1) is 0 Å². The van der Waals surface area contributed by atoms with Crippen molar-refractivity contribution >= 4 is 5.69 Å². The first kappa shape index (κ1) is 12.4. The Morgan fingerprint density at radius 1 is 1.29 bits per heavy atom. The molecule has 0 spiro atoms. The summed E-state index contributed by atoms with van der Waals surface area (Å²) < 4.78 is 13.4. The molecule has 1 aromatic carbocycles. The van der Waals surface area contributed by atoms with Crippen LogP contribution in [0.15, 0.2) is 24.3 Å². The van der Waals surface area contributed by atoms with E-state index in [4.69, 9.17) is 0 Å². The zero-order chi connectivity index (χ0) is 12.1. The maximum Gasteiger partial charge on any atom is 0.146 e. The Bertz CT molecular complexity index is 350. The Labute approximate surface area is 103 Å². The Hall–Kier alpha value is -1.09. The number of hydrogen-bond donors (Lipinski definition) is 1. The van der Waals surface area contributed by atoms with Gasteiger partial charge in [0.05, 0.1) is 5.69 Å². The molecule has 0 amide bonds. The molecule has 94 valence electrons. The lowest BCUT2D eigenvalue weighted by Crippen LogP contribution is -2.31. The standard InChI is InChI=1S/C14H21FN2/c1-2-10-17(12-7-8-12)11-9-16-14-6-4-3-5-13(14)15/h3-6,12,16H,2,7-11H2,1H3. The second kappa shape index (κ2) is 6.01. The average Bonchev–Trinajstić information content (AvgIpc) is 3.14. The third-order valence-electron chi connectivity index (χ3n) is 3.16. The molecule has 0 aliphatic heterocycles. The largest absolute Gasteiger partial charge is 0.381 e. The molecule has 0 atom stereocenters. The number of nitrogens with zero attached hydrogens (tertiary/aromatic N) is 1. The first-order valence-corrected chi connectivity index (χ1v) is 6.53. The van der Waals surface area contributed by atoms with Gasteiger partial charge in [-0.2, -0.15) is 0 Å². The zero-order valence-electron chi connectivity index (χ0n) is 10.5. The molecule has 17 heavy (non-hydrogen) atoms. The average molecular weight is 236 g/mol. The van der Waals surface area contributed by atoms with E-state index in [1.807, 2.05) is 6.07 Å². The molecular weight excluding hydrogens is 215 g/mol. The highest BCUT2D eigenvalue weighted by atomic mass is 19.1. The number of nitrogens with one attached hydrogen (secondary N) is 1. The maximum absolute atomic E-state index is 13.4. The van der Waals surface area contributed by atoms with Crippen molar-refractivity contribution in [3.8, 4) is 0 Å². The Morgan fingerprint density at radius 2 is 2.06 bits per heavy atom. The summed E-state index contributed by atoms with van der Waals surface area (Å²) in [6.45, 7) is 5.19. The van der Waals surface area contributed by atoms with E-state index >= 15 is 0 Å². The first-order valence-electron chi connectivity index (χ1n) is 6.53. The van der Waals surface area contributed by atoms with Crippen LogP contribution in [-0.4, -0.2) is 30.6 Å². The van der Waals surface area contributed by atoms with Crippen molar-refractivity contribution in [1.29, 1.82) is 0 Å². The van der Waals surface area contributed by atoms with Crippen molar-refractivity contribution in [2.75, 3.05) is 25.0 Å². The van der Waals surface area contributed by atoms with Crippen LogP contribution in [0.5, 0.6) is 0 Å². The van der Waals surface area contributed by atoms with Gasteiger partial charge >= 0.3 is 0 Å². The van der Waals surface area contributed by atoms with E-state index in [0.717, 1.165) is 25.7 Å². The topological polar surface area (TPSA) is 15.3 Å². The summed E-state index contributed by atoms with van der Waals surface area (Å²) in [6.07, 6.45) is 3.86. The minimum absolute atomic E-state index is 0.166. The quantitative estimate of drug-likeness (QED) is 0.782. The maximum atomic E-state index is 13.4. The fourth-order valence-corrected chi connectivity index (χ4v) is 2.14. The molecule has 1 saturated carbocycles. The van der Waals surface area contributed by atoms with Gasteiger partial charge in [0.1, 0.15) is 5.82 Å². The highest BCUT2D eigenvalue weighted by Crippen LogP contribution is 2.26. The second-order valence-corrected chi connectivity index (χ2v) is 4.67. The molecular formula is C14H21FN2. The van der Waals surface area contributed by atoms with Crippen LogP contribution in [-0.2, 0) is 0 Å². The second-order valence-electron chi connectivity index (χ2n) is 4.67. The molecule has 1 aliphatic carbocycles. The third kappa shape index (κ3) is 3.70. The summed E-state index contributed by atoms with van der Waals surface area (Å²) in [6, 6.07) is 7.64. The minimum Gasteiger partial charge on any atom is -0.381 e. The Morgan fingerprint density at radius 3 is 2.71 bits per heavy atom. The third-order valence-corrected chi connectivity index (χ3v) is 3.16. The molecule has 0 aromatic heterocycles. The lowest BCUT2D eigenvalue weighted by molar-refractivity contribution is 0.274. The predicted octanol–water partition coefficient (Wildman–Crippen LogP) is 3.11. The van der Waals surface area contributed by atoms with Crippen molar-refractivity contribution in [2.45, 2.75) is 32.2 Å². The monoisotopic (exact) mass is 236 g/mol. The van der Waals surface area contributed by atoms with Crippen LogP contribution >= 0.6 is 0 Å². The summed E-state index contributed by atoms with van der Waals surface area (Å²) in [5, 5.41) is 3.17. The summed E-state index contributed by atoms with van der Waals surface area (Å²) in [7, 11) is 0. The molecule has 2 nitrogen and oxygen atoms in total. The fraction of sp³-hybridized carbons (Fsp3) is 0.571. The lowest BCUT2D eigenvalue weighted by atomic mass is 10.3. The first-order chi connectivity index (χ1) is 8.31. The molecule has 0 bridgehead atoms. The fourth-order valence-electron chi connectivity index (χ4n) is 2.14. The van der Waals surface area contributed by atoms with E-state index in [0.29, 0.717) is 5.69 Å². The molecule has 0 saturated heterocycles. The lowest BCUT2D eigenvalue weighted by Gasteiger charge is -2.21. The van der Waals surface area contributed by atoms with Gasteiger partial charge in [0.25, 0.3) is 0 Å². The molecule has 1 fully saturated rings. The molecule has 1 aromatic rings. The van der Waals surface area contributed by atoms with Gasteiger partial charge in [-0.25, -0.2) is 4.39 Å².